The minimum Gasteiger partial charge on any atom is -0.313 e. The monoisotopic (exact) mass is 286 g/mol. The van der Waals surface area contributed by atoms with Crippen molar-refractivity contribution in [1.82, 2.24) is 10.3 Å². The summed E-state index contributed by atoms with van der Waals surface area (Å²) in [6, 6.07) is 11.0. The molecule has 0 amide bonds. The van der Waals surface area contributed by atoms with Gasteiger partial charge in [-0.2, -0.15) is 0 Å². The Hall–Kier alpha value is -1.19. The number of benzene rings is 1. The van der Waals surface area contributed by atoms with E-state index < -0.39 is 0 Å². The van der Waals surface area contributed by atoms with Gasteiger partial charge in [-0.15, -0.1) is 11.3 Å². The number of hydrogen-bond donors (Lipinski definition) is 1. The molecule has 1 aromatic heterocycles. The van der Waals surface area contributed by atoms with Crippen LogP contribution in [-0.4, -0.2) is 12.0 Å². The smallest absolute Gasteiger partial charge is 0.0959 e. The van der Waals surface area contributed by atoms with E-state index in [0.717, 1.165) is 12.3 Å². The summed E-state index contributed by atoms with van der Waals surface area (Å²) in [5.74, 6) is 0.735. The van der Waals surface area contributed by atoms with Crippen molar-refractivity contribution in [2.45, 2.75) is 44.1 Å². The summed E-state index contributed by atoms with van der Waals surface area (Å²) < 4.78 is 0. The molecule has 2 aromatic rings. The summed E-state index contributed by atoms with van der Waals surface area (Å²) in [4.78, 5) is 4.88. The molecule has 1 saturated carbocycles. The highest BCUT2D eigenvalue weighted by atomic mass is 32.1. The predicted octanol–water partition coefficient (Wildman–Crippen LogP) is 4.30. The lowest BCUT2D eigenvalue weighted by Gasteiger charge is -2.15. The van der Waals surface area contributed by atoms with E-state index in [-0.39, 0.29) is 0 Å². The molecular weight excluding hydrogens is 264 g/mol. The number of aromatic nitrogens is 1. The van der Waals surface area contributed by atoms with Gasteiger partial charge >= 0.3 is 0 Å². The Kier molecular flexibility index (Phi) is 4.48. The van der Waals surface area contributed by atoms with Crippen LogP contribution in [0.5, 0.6) is 0 Å². The van der Waals surface area contributed by atoms with Crippen molar-refractivity contribution in [1.29, 1.82) is 0 Å². The van der Waals surface area contributed by atoms with Gasteiger partial charge in [0.05, 0.1) is 10.7 Å². The maximum Gasteiger partial charge on any atom is 0.0959 e. The molecule has 106 valence electrons. The van der Waals surface area contributed by atoms with E-state index in [4.69, 9.17) is 4.98 Å². The number of thiazole rings is 1. The van der Waals surface area contributed by atoms with Crippen LogP contribution in [0.2, 0.25) is 0 Å². The molecule has 0 spiro atoms. The molecule has 1 heterocycles. The molecule has 0 radical (unpaired) electrons. The fourth-order valence-corrected chi connectivity index (χ4v) is 4.06. The Balaban J connectivity index is 1.70. The number of nitrogens with one attached hydrogen (secondary N) is 1. The summed E-state index contributed by atoms with van der Waals surface area (Å²) in [7, 11) is 2.03. The van der Waals surface area contributed by atoms with Gasteiger partial charge in [0.15, 0.2) is 0 Å². The van der Waals surface area contributed by atoms with Crippen molar-refractivity contribution < 1.29 is 0 Å². The molecule has 3 rings (SSSR count). The van der Waals surface area contributed by atoms with E-state index in [1.54, 1.807) is 0 Å². The molecular formula is C17H22N2S. The fourth-order valence-electron chi connectivity index (χ4n) is 3.06. The van der Waals surface area contributed by atoms with Gasteiger partial charge in [0.25, 0.3) is 0 Å². The second-order valence-electron chi connectivity index (χ2n) is 5.61. The number of rotatable bonds is 5. The van der Waals surface area contributed by atoms with E-state index in [0.29, 0.717) is 6.04 Å². The largest absolute Gasteiger partial charge is 0.313 e. The standard InChI is InChI=1S/C17H22N2S/c1-18-16(13-7-3-2-4-8-13)11-15-12-20-17(19-15)14-9-5-6-10-14/h2-4,7-8,12,14,16,18H,5-6,9-11H2,1H3. The summed E-state index contributed by atoms with van der Waals surface area (Å²) >= 11 is 1.86. The van der Waals surface area contributed by atoms with Gasteiger partial charge in [0.2, 0.25) is 0 Å². The van der Waals surface area contributed by atoms with Gasteiger partial charge in [0, 0.05) is 23.8 Å². The maximum absolute atomic E-state index is 4.88. The third-order valence-electron chi connectivity index (χ3n) is 4.24. The molecule has 1 aliphatic carbocycles. The minimum absolute atomic E-state index is 0.356. The van der Waals surface area contributed by atoms with Crippen LogP contribution in [-0.2, 0) is 6.42 Å². The third kappa shape index (κ3) is 3.10. The molecule has 1 aliphatic rings. The van der Waals surface area contributed by atoms with Crippen LogP contribution in [0, 0.1) is 0 Å². The van der Waals surface area contributed by atoms with Gasteiger partial charge < -0.3 is 5.32 Å². The number of nitrogens with zero attached hydrogens (tertiary/aromatic N) is 1. The minimum atomic E-state index is 0.356. The Morgan fingerprint density at radius 1 is 1.25 bits per heavy atom. The van der Waals surface area contributed by atoms with Gasteiger partial charge in [-0.3, -0.25) is 0 Å². The number of hydrogen-bond acceptors (Lipinski definition) is 3. The summed E-state index contributed by atoms with van der Waals surface area (Å²) in [5.41, 5.74) is 2.57. The van der Waals surface area contributed by atoms with Crippen LogP contribution in [0.1, 0.15) is 53.9 Å². The first-order valence-electron chi connectivity index (χ1n) is 7.53. The van der Waals surface area contributed by atoms with Crippen LogP contribution >= 0.6 is 11.3 Å². The van der Waals surface area contributed by atoms with Crippen LogP contribution in [0.4, 0.5) is 0 Å². The molecule has 3 heteroatoms. The average molecular weight is 286 g/mol. The molecule has 20 heavy (non-hydrogen) atoms. The lowest BCUT2D eigenvalue weighted by atomic mass is 10.0. The Morgan fingerprint density at radius 3 is 2.70 bits per heavy atom. The Bertz CT molecular complexity index is 529. The molecule has 0 bridgehead atoms. The fraction of sp³-hybridized carbons (Fsp3) is 0.471. The molecule has 1 unspecified atom stereocenters. The summed E-state index contributed by atoms with van der Waals surface area (Å²) in [5, 5.41) is 7.02. The second-order valence-corrected chi connectivity index (χ2v) is 6.50. The van der Waals surface area contributed by atoms with Gasteiger partial charge in [-0.1, -0.05) is 43.2 Å². The van der Waals surface area contributed by atoms with Crippen LogP contribution in [0.3, 0.4) is 0 Å². The van der Waals surface area contributed by atoms with Crippen LogP contribution in [0.15, 0.2) is 35.7 Å². The van der Waals surface area contributed by atoms with E-state index in [2.05, 4.69) is 41.0 Å². The molecule has 1 N–H and O–H groups in total. The lowest BCUT2D eigenvalue weighted by molar-refractivity contribution is 0.583. The molecule has 1 atom stereocenters. The first-order chi connectivity index (χ1) is 9.86. The molecule has 1 aromatic carbocycles. The van der Waals surface area contributed by atoms with E-state index in [9.17, 15) is 0 Å². The quantitative estimate of drug-likeness (QED) is 0.886. The topological polar surface area (TPSA) is 24.9 Å². The van der Waals surface area contributed by atoms with Crippen molar-refractivity contribution in [3.05, 3.63) is 52.0 Å². The molecule has 0 aliphatic heterocycles. The highest BCUT2D eigenvalue weighted by Gasteiger charge is 2.21. The van der Waals surface area contributed by atoms with Crippen molar-refractivity contribution in [3.63, 3.8) is 0 Å². The first-order valence-corrected chi connectivity index (χ1v) is 8.41. The van der Waals surface area contributed by atoms with Crippen molar-refractivity contribution in [2.24, 2.45) is 0 Å². The van der Waals surface area contributed by atoms with Gasteiger partial charge in [-0.25, -0.2) is 4.98 Å². The van der Waals surface area contributed by atoms with Crippen molar-refractivity contribution in [2.75, 3.05) is 7.05 Å². The first kappa shape index (κ1) is 13.8. The zero-order chi connectivity index (χ0) is 13.8. The van der Waals surface area contributed by atoms with E-state index in [1.165, 1.54) is 41.9 Å². The van der Waals surface area contributed by atoms with E-state index in [1.807, 2.05) is 18.4 Å². The lowest BCUT2D eigenvalue weighted by Crippen LogP contribution is -2.18. The molecule has 1 fully saturated rings. The highest BCUT2D eigenvalue weighted by molar-refractivity contribution is 7.09. The normalized spacial score (nSPS) is 17.4. The van der Waals surface area contributed by atoms with Gasteiger partial charge in [0.1, 0.15) is 0 Å². The Labute approximate surface area is 125 Å². The van der Waals surface area contributed by atoms with Crippen molar-refractivity contribution in [3.8, 4) is 0 Å². The average Bonchev–Trinajstić information content (AvgIpc) is 3.16. The Morgan fingerprint density at radius 2 is 2.00 bits per heavy atom. The van der Waals surface area contributed by atoms with Gasteiger partial charge in [-0.05, 0) is 25.5 Å². The second kappa shape index (κ2) is 6.51. The number of likely N-dealkylation sites (N-methyl/N-ethyl adjacent to an activating group) is 1. The third-order valence-corrected chi connectivity index (χ3v) is 5.29. The highest BCUT2D eigenvalue weighted by Crippen LogP contribution is 2.36. The zero-order valence-corrected chi connectivity index (χ0v) is 12.8. The van der Waals surface area contributed by atoms with Crippen molar-refractivity contribution >= 4 is 11.3 Å². The summed E-state index contributed by atoms with van der Waals surface area (Å²) in [6.45, 7) is 0. The molecule has 0 saturated heterocycles. The van der Waals surface area contributed by atoms with E-state index >= 15 is 0 Å². The predicted molar refractivity (Wildman–Crippen MR) is 85.3 cm³/mol. The maximum atomic E-state index is 4.88. The molecule has 2 nitrogen and oxygen atoms in total. The summed E-state index contributed by atoms with van der Waals surface area (Å²) in [6.07, 6.45) is 6.40. The zero-order valence-electron chi connectivity index (χ0n) is 12.0. The van der Waals surface area contributed by atoms with Crippen LogP contribution in [0.25, 0.3) is 0 Å². The van der Waals surface area contributed by atoms with Crippen LogP contribution < -0.4 is 5.32 Å². The SMILES string of the molecule is CNC(Cc1csc(C2CCCC2)n1)c1ccccc1.